The van der Waals surface area contributed by atoms with Crippen molar-refractivity contribution in [1.29, 1.82) is 0 Å². The van der Waals surface area contributed by atoms with Gasteiger partial charge in [0.2, 0.25) is 6.54 Å². The summed E-state index contributed by atoms with van der Waals surface area (Å²) in [5.74, 6) is -1.04. The highest BCUT2D eigenvalue weighted by Crippen LogP contribution is 2.34. The zero-order valence-electron chi connectivity index (χ0n) is 12.0. The number of nitrogens with one attached hydrogen (secondary N) is 1. The van der Waals surface area contributed by atoms with Gasteiger partial charge in [-0.3, -0.25) is 10.1 Å². The third kappa shape index (κ3) is 2.45. The average Bonchev–Trinajstić information content (AvgIpc) is 2.81. The maximum Gasteiger partial charge on any atom is 0.214 e. The summed E-state index contributed by atoms with van der Waals surface area (Å²) < 4.78 is 14.2. The van der Waals surface area contributed by atoms with Crippen LogP contribution in [0.2, 0.25) is 0 Å². The molecule has 1 N–H and O–H groups in total. The number of hydrogen-bond acceptors (Lipinski definition) is 2. The Kier molecular flexibility index (Phi) is 3.63. The fourth-order valence-corrected chi connectivity index (χ4v) is 3.00. The van der Waals surface area contributed by atoms with Crippen LogP contribution in [0, 0.1) is 22.9 Å². The Morgan fingerprint density at radius 1 is 1.18 bits per heavy atom. The third-order valence-corrected chi connectivity index (χ3v) is 3.90. The summed E-state index contributed by atoms with van der Waals surface area (Å²) >= 11 is 0. The molecule has 0 aliphatic rings. The molecule has 0 saturated heterocycles. The first-order chi connectivity index (χ1) is 10.6. The van der Waals surface area contributed by atoms with Gasteiger partial charge >= 0.3 is 0 Å². The van der Waals surface area contributed by atoms with Gasteiger partial charge in [0.25, 0.3) is 0 Å². The van der Waals surface area contributed by atoms with E-state index in [1.165, 1.54) is 6.07 Å². The molecule has 0 aliphatic carbocycles. The van der Waals surface area contributed by atoms with Crippen molar-refractivity contribution >= 4 is 10.9 Å². The van der Waals surface area contributed by atoms with Crippen molar-refractivity contribution in [2.45, 2.75) is 12.8 Å². The van der Waals surface area contributed by atoms with Gasteiger partial charge in [-0.2, -0.15) is 0 Å². The zero-order valence-corrected chi connectivity index (χ0v) is 12.0. The molecule has 0 fully saturated rings. The first kappa shape index (κ1) is 14.3. The molecule has 3 rings (SSSR count). The quantitative estimate of drug-likeness (QED) is 0.584. The van der Waals surface area contributed by atoms with Crippen LogP contribution in [0.5, 0.6) is 0 Å². The molecule has 1 atom stereocenters. The van der Waals surface area contributed by atoms with Crippen molar-refractivity contribution < 1.29 is 9.31 Å². The van der Waals surface area contributed by atoms with E-state index in [0.717, 1.165) is 22.2 Å². The molecule has 2 aromatic carbocycles. The molecule has 4 nitrogen and oxygen atoms in total. The lowest BCUT2D eigenvalue weighted by molar-refractivity contribution is -0.481. The van der Waals surface area contributed by atoms with Crippen LogP contribution in [0.3, 0.4) is 0 Å². The number of benzene rings is 2. The van der Waals surface area contributed by atoms with Gasteiger partial charge in [-0.05, 0) is 24.6 Å². The summed E-state index contributed by atoms with van der Waals surface area (Å²) in [5.41, 5.74) is 2.88. The second-order valence-electron chi connectivity index (χ2n) is 5.30. The fourth-order valence-electron chi connectivity index (χ4n) is 3.00. The number of nitro groups is 1. The second kappa shape index (κ2) is 5.60. The SMILES string of the molecule is Cc1[nH]c2ccccc2c1C(C[N+](=O)[O-])c1ccccc1F. The Morgan fingerprint density at radius 3 is 2.59 bits per heavy atom. The van der Waals surface area contributed by atoms with Crippen molar-refractivity contribution in [3.63, 3.8) is 0 Å². The van der Waals surface area contributed by atoms with Crippen molar-refractivity contribution in [3.05, 3.63) is 81.3 Å². The highest BCUT2D eigenvalue weighted by molar-refractivity contribution is 5.85. The average molecular weight is 298 g/mol. The normalized spacial score (nSPS) is 12.5. The van der Waals surface area contributed by atoms with Gasteiger partial charge in [-0.25, -0.2) is 4.39 Å². The van der Waals surface area contributed by atoms with Crippen LogP contribution in [0.15, 0.2) is 48.5 Å². The summed E-state index contributed by atoms with van der Waals surface area (Å²) in [6.45, 7) is 1.52. The molecule has 3 aromatic rings. The predicted octanol–water partition coefficient (Wildman–Crippen LogP) is 4.02. The highest BCUT2D eigenvalue weighted by Gasteiger charge is 2.27. The second-order valence-corrected chi connectivity index (χ2v) is 5.30. The predicted molar refractivity (Wildman–Crippen MR) is 83.1 cm³/mol. The molecule has 1 heterocycles. The van der Waals surface area contributed by atoms with Gasteiger partial charge in [0, 0.05) is 27.1 Å². The smallest absolute Gasteiger partial charge is 0.214 e. The fraction of sp³-hybridized carbons (Fsp3) is 0.176. The number of rotatable bonds is 4. The summed E-state index contributed by atoms with van der Waals surface area (Å²) in [7, 11) is 0. The number of para-hydroxylation sites is 1. The van der Waals surface area contributed by atoms with Crippen molar-refractivity contribution in [1.82, 2.24) is 4.98 Å². The Bertz CT molecular complexity index is 842. The molecular formula is C17H15FN2O2. The number of fused-ring (bicyclic) bond motifs is 1. The Balaban J connectivity index is 2.23. The van der Waals surface area contributed by atoms with Gasteiger partial charge in [0.05, 0.1) is 5.92 Å². The maximum atomic E-state index is 14.2. The van der Waals surface area contributed by atoms with E-state index in [4.69, 9.17) is 0 Å². The Morgan fingerprint density at radius 2 is 1.86 bits per heavy atom. The highest BCUT2D eigenvalue weighted by atomic mass is 19.1. The molecule has 0 saturated carbocycles. The lowest BCUT2D eigenvalue weighted by Gasteiger charge is -2.15. The molecule has 112 valence electrons. The van der Waals surface area contributed by atoms with Gasteiger partial charge in [-0.15, -0.1) is 0 Å². The molecule has 0 amide bonds. The van der Waals surface area contributed by atoms with Crippen molar-refractivity contribution in [2.24, 2.45) is 0 Å². The number of hydrogen-bond donors (Lipinski definition) is 1. The number of H-pyrrole nitrogens is 1. The molecule has 0 spiro atoms. The van der Waals surface area contributed by atoms with E-state index in [-0.39, 0.29) is 6.54 Å². The van der Waals surface area contributed by atoms with Crippen molar-refractivity contribution in [2.75, 3.05) is 6.54 Å². The summed E-state index contributed by atoms with van der Waals surface area (Å²) in [5, 5.41) is 12.0. The number of aryl methyl sites for hydroxylation is 1. The molecule has 1 aromatic heterocycles. The zero-order chi connectivity index (χ0) is 15.7. The minimum absolute atomic E-state index is 0.344. The summed E-state index contributed by atoms with van der Waals surface area (Å²) in [4.78, 5) is 13.9. The molecule has 0 bridgehead atoms. The van der Waals surface area contributed by atoms with Crippen LogP contribution in [-0.2, 0) is 0 Å². The number of aromatic nitrogens is 1. The van der Waals surface area contributed by atoms with Gasteiger partial charge in [-0.1, -0.05) is 36.4 Å². The third-order valence-electron chi connectivity index (χ3n) is 3.90. The van der Waals surface area contributed by atoms with Gasteiger partial charge in [0.1, 0.15) is 5.82 Å². The minimum Gasteiger partial charge on any atom is -0.358 e. The van der Waals surface area contributed by atoms with Crippen LogP contribution >= 0.6 is 0 Å². The van der Waals surface area contributed by atoms with E-state index in [9.17, 15) is 14.5 Å². The van der Waals surface area contributed by atoms with E-state index < -0.39 is 16.7 Å². The van der Waals surface area contributed by atoms with E-state index in [2.05, 4.69) is 4.98 Å². The Hall–Kier alpha value is -2.69. The topological polar surface area (TPSA) is 58.9 Å². The maximum absolute atomic E-state index is 14.2. The molecule has 0 radical (unpaired) electrons. The van der Waals surface area contributed by atoms with E-state index in [1.807, 2.05) is 31.2 Å². The lowest BCUT2D eigenvalue weighted by Crippen LogP contribution is -2.16. The Labute approximate surface area is 126 Å². The molecule has 1 unspecified atom stereocenters. The first-order valence-electron chi connectivity index (χ1n) is 7.01. The van der Waals surface area contributed by atoms with E-state index in [1.54, 1.807) is 18.2 Å². The number of nitrogens with zero attached hydrogens (tertiary/aromatic N) is 1. The standard InChI is InChI=1S/C17H15FN2O2/c1-11-17(13-7-3-5-9-16(13)19-11)14(10-20(21)22)12-6-2-4-8-15(12)18/h2-9,14,19H,10H2,1H3. The molecular weight excluding hydrogens is 283 g/mol. The van der Waals surface area contributed by atoms with E-state index in [0.29, 0.717) is 5.56 Å². The minimum atomic E-state index is -0.618. The van der Waals surface area contributed by atoms with Gasteiger partial charge in [0.15, 0.2) is 0 Å². The van der Waals surface area contributed by atoms with Gasteiger partial charge < -0.3 is 4.98 Å². The van der Waals surface area contributed by atoms with Crippen LogP contribution in [0.25, 0.3) is 10.9 Å². The summed E-state index contributed by atoms with van der Waals surface area (Å²) in [6, 6.07) is 13.8. The monoisotopic (exact) mass is 298 g/mol. The molecule has 0 aliphatic heterocycles. The molecule has 22 heavy (non-hydrogen) atoms. The summed E-state index contributed by atoms with van der Waals surface area (Å²) in [6.07, 6.45) is 0. The van der Waals surface area contributed by atoms with Crippen LogP contribution in [-0.4, -0.2) is 16.5 Å². The number of aromatic amines is 1. The van der Waals surface area contributed by atoms with Crippen LogP contribution < -0.4 is 0 Å². The first-order valence-corrected chi connectivity index (χ1v) is 7.01. The number of halogens is 1. The van der Waals surface area contributed by atoms with E-state index >= 15 is 0 Å². The molecule has 5 heteroatoms. The van der Waals surface area contributed by atoms with Crippen LogP contribution in [0.4, 0.5) is 4.39 Å². The lowest BCUT2D eigenvalue weighted by atomic mass is 9.89. The van der Waals surface area contributed by atoms with Crippen molar-refractivity contribution in [3.8, 4) is 0 Å². The van der Waals surface area contributed by atoms with Crippen LogP contribution in [0.1, 0.15) is 22.7 Å². The largest absolute Gasteiger partial charge is 0.358 e.